The summed E-state index contributed by atoms with van der Waals surface area (Å²) in [7, 11) is 0. The second-order valence-electron chi connectivity index (χ2n) is 32.6. The highest BCUT2D eigenvalue weighted by Gasteiger charge is 2.46. The molecule has 0 amide bonds. The van der Waals surface area contributed by atoms with Crippen LogP contribution in [0.3, 0.4) is 0 Å². The highest BCUT2D eigenvalue weighted by atomic mass is 15.2. The molecule has 0 saturated carbocycles. The third-order valence-corrected chi connectivity index (χ3v) is 21.5. The minimum absolute atomic E-state index is 0.0372. The van der Waals surface area contributed by atoms with E-state index < -0.39 is 0 Å². The van der Waals surface area contributed by atoms with Crippen molar-refractivity contribution in [1.82, 2.24) is 0 Å². The Balaban J connectivity index is 1.06. The van der Waals surface area contributed by atoms with Crippen molar-refractivity contribution in [3.63, 3.8) is 0 Å². The summed E-state index contributed by atoms with van der Waals surface area (Å²) in [5, 5.41) is 0. The third kappa shape index (κ3) is 12.8. The molecule has 0 aromatic heterocycles. The summed E-state index contributed by atoms with van der Waals surface area (Å²) >= 11 is 0. The molecule has 0 spiro atoms. The number of rotatable bonds is 13. The fraction of sp³-hybridized carbons (Fsp3) is 0.160. The maximum atomic E-state index is 2.68. The first-order valence-corrected chi connectivity index (χ1v) is 37.3. The predicted molar refractivity (Wildman–Crippen MR) is 452 cm³/mol. The molecule has 14 aromatic carbocycles. The van der Waals surface area contributed by atoms with Gasteiger partial charge in [0, 0.05) is 79.1 Å². The normalized spacial score (nSPS) is 12.7. The molecular formula is C100H91BN4. The lowest BCUT2D eigenvalue weighted by Gasteiger charge is -2.46. The van der Waals surface area contributed by atoms with Crippen molar-refractivity contribution in [2.24, 2.45) is 0 Å². The van der Waals surface area contributed by atoms with Crippen LogP contribution in [0.2, 0.25) is 0 Å². The molecule has 0 bridgehead atoms. The molecule has 2 heterocycles. The van der Waals surface area contributed by atoms with Gasteiger partial charge in [0.25, 0.3) is 6.71 Å². The van der Waals surface area contributed by atoms with E-state index in [2.05, 4.69) is 436 Å². The summed E-state index contributed by atoms with van der Waals surface area (Å²) in [5.41, 5.74) is 32.9. The molecule has 2 aliphatic rings. The molecule has 105 heavy (non-hydrogen) atoms. The first kappa shape index (κ1) is 67.8. The van der Waals surface area contributed by atoms with Gasteiger partial charge in [0.15, 0.2) is 0 Å². The second-order valence-corrected chi connectivity index (χ2v) is 32.6. The summed E-state index contributed by atoms with van der Waals surface area (Å²) in [5.74, 6) is 0. The van der Waals surface area contributed by atoms with Crippen LogP contribution in [0.1, 0.15) is 105 Å². The van der Waals surface area contributed by atoms with Crippen molar-refractivity contribution >= 4 is 91.3 Å². The Morgan fingerprint density at radius 2 is 0.467 bits per heavy atom. The quantitative estimate of drug-likeness (QED) is 0.107. The zero-order valence-corrected chi connectivity index (χ0v) is 62.6. The van der Waals surface area contributed by atoms with Gasteiger partial charge in [-0.05, 0) is 179 Å². The minimum atomic E-state index is -0.273. The van der Waals surface area contributed by atoms with Crippen LogP contribution in [-0.4, -0.2) is 6.71 Å². The Bertz CT molecular complexity index is 4920. The molecule has 0 fully saturated rings. The molecule has 5 heteroatoms. The molecule has 2 aliphatic heterocycles. The number of hydrogen-bond acceptors (Lipinski definition) is 4. The van der Waals surface area contributed by atoms with E-state index in [0.29, 0.717) is 0 Å². The third-order valence-electron chi connectivity index (χ3n) is 21.5. The summed E-state index contributed by atoms with van der Waals surface area (Å²) in [6.45, 7) is 27.3. The SMILES string of the molecule is CC(C)(C)c1ccc(N(c2ccc(C(C)(C)C)cc2)c2ccc3c(c2)N(c2c(-c4ccccc4)cccc2-c2ccccc2)c2cc(-c4ccccc4)cc4c2B3c2ccc(N(c3ccc(C(C)(C)C)cc3)c3ccc(C(C)(C)C)cc3)cc2N4c2c(-c3ccccc3)cccc2-c2ccccc2)cc1. The first-order chi connectivity index (χ1) is 50.6. The lowest BCUT2D eigenvalue weighted by Crippen LogP contribution is -2.61. The lowest BCUT2D eigenvalue weighted by atomic mass is 9.33. The zero-order chi connectivity index (χ0) is 72.5. The van der Waals surface area contributed by atoms with Crippen LogP contribution >= 0.6 is 0 Å². The van der Waals surface area contributed by atoms with Crippen LogP contribution in [0.5, 0.6) is 0 Å². The van der Waals surface area contributed by atoms with Gasteiger partial charge >= 0.3 is 0 Å². The Labute approximate surface area is 623 Å². The lowest BCUT2D eigenvalue weighted by molar-refractivity contribution is 0.590. The van der Waals surface area contributed by atoms with Gasteiger partial charge < -0.3 is 19.6 Å². The number of fused-ring (bicyclic) bond motifs is 4. The van der Waals surface area contributed by atoms with Gasteiger partial charge in [-0.2, -0.15) is 0 Å². The van der Waals surface area contributed by atoms with Crippen LogP contribution in [0.4, 0.5) is 68.2 Å². The van der Waals surface area contributed by atoms with E-state index >= 15 is 0 Å². The van der Waals surface area contributed by atoms with Crippen molar-refractivity contribution < 1.29 is 0 Å². The minimum Gasteiger partial charge on any atom is -0.310 e. The predicted octanol–water partition coefficient (Wildman–Crippen LogP) is 26.2. The van der Waals surface area contributed by atoms with Crippen LogP contribution in [0, 0.1) is 0 Å². The number of para-hydroxylation sites is 2. The van der Waals surface area contributed by atoms with Crippen LogP contribution in [0.15, 0.2) is 334 Å². The Morgan fingerprint density at radius 3 is 0.724 bits per heavy atom. The summed E-state index contributed by atoms with van der Waals surface area (Å²) < 4.78 is 0. The van der Waals surface area contributed by atoms with E-state index in [4.69, 9.17) is 0 Å². The first-order valence-electron chi connectivity index (χ1n) is 37.3. The van der Waals surface area contributed by atoms with Crippen LogP contribution in [0.25, 0.3) is 55.6 Å². The summed E-state index contributed by atoms with van der Waals surface area (Å²) in [6, 6.07) is 126. The molecule has 0 radical (unpaired) electrons. The van der Waals surface area contributed by atoms with E-state index in [1.165, 1.54) is 38.6 Å². The van der Waals surface area contributed by atoms with Gasteiger partial charge in [-0.3, -0.25) is 0 Å². The van der Waals surface area contributed by atoms with Gasteiger partial charge in [-0.15, -0.1) is 0 Å². The molecule has 14 aromatic rings. The Morgan fingerprint density at radius 1 is 0.219 bits per heavy atom. The summed E-state index contributed by atoms with van der Waals surface area (Å²) in [6.07, 6.45) is 0. The molecule has 0 saturated heterocycles. The second kappa shape index (κ2) is 26.9. The highest BCUT2D eigenvalue weighted by molar-refractivity contribution is 7.00. The van der Waals surface area contributed by atoms with E-state index in [9.17, 15) is 0 Å². The molecule has 0 N–H and O–H groups in total. The maximum absolute atomic E-state index is 2.68. The maximum Gasteiger partial charge on any atom is 0.252 e. The number of benzene rings is 14. The number of hydrogen-bond donors (Lipinski definition) is 0. The molecule has 0 atom stereocenters. The van der Waals surface area contributed by atoms with E-state index in [1.54, 1.807) is 0 Å². The number of anilines is 12. The van der Waals surface area contributed by atoms with E-state index in [1.807, 2.05) is 0 Å². The summed E-state index contributed by atoms with van der Waals surface area (Å²) in [4.78, 5) is 10.3. The van der Waals surface area contributed by atoms with Crippen molar-refractivity contribution in [3.8, 4) is 55.6 Å². The standard InChI is InChI=1S/C100H91BN4/c1-97(2,3)74-44-52-78(53-45-74)102(79-54-46-75(47-55-79)98(4,5)6)82-60-62-88-90(66-82)104(95-84(69-32-20-14-21-33-69)40-28-41-85(95)70-34-22-15-23-35-70)92-64-73(68-30-18-13-19-31-68)65-93-94(92)101(88)89-63-61-83(103(80-56-48-76(49-57-80)99(7,8)9)81-58-50-77(51-59-81)100(10,11)12)67-91(89)105(93)96-86(71-36-24-16-25-37-71)42-29-43-87(96)72-38-26-17-27-39-72/h13-67H,1-12H3. The molecule has 514 valence electrons. The average molecular weight is 1360 g/mol. The van der Waals surface area contributed by atoms with Gasteiger partial charge in [-0.25, -0.2) is 0 Å². The zero-order valence-electron chi connectivity index (χ0n) is 62.6. The molecule has 0 unspecified atom stereocenters. The van der Waals surface area contributed by atoms with Crippen molar-refractivity contribution in [2.45, 2.75) is 105 Å². The largest absolute Gasteiger partial charge is 0.310 e. The molecule has 0 aliphatic carbocycles. The average Bonchev–Trinajstić information content (AvgIpc) is 0.687. The molecule has 4 nitrogen and oxygen atoms in total. The van der Waals surface area contributed by atoms with E-state index in [0.717, 1.165) is 124 Å². The fourth-order valence-corrected chi connectivity index (χ4v) is 15.8. The monoisotopic (exact) mass is 1360 g/mol. The fourth-order valence-electron chi connectivity index (χ4n) is 15.8. The number of nitrogens with zero attached hydrogens (tertiary/aromatic N) is 4. The van der Waals surface area contributed by atoms with Gasteiger partial charge in [-0.1, -0.05) is 332 Å². The highest BCUT2D eigenvalue weighted by Crippen LogP contribution is 2.55. The van der Waals surface area contributed by atoms with Gasteiger partial charge in [0.1, 0.15) is 0 Å². The van der Waals surface area contributed by atoms with Crippen molar-refractivity contribution in [3.05, 3.63) is 356 Å². The smallest absolute Gasteiger partial charge is 0.252 e. The Kier molecular flexibility index (Phi) is 17.4. The van der Waals surface area contributed by atoms with Crippen LogP contribution < -0.4 is 36.0 Å². The van der Waals surface area contributed by atoms with Gasteiger partial charge in [0.2, 0.25) is 0 Å². The van der Waals surface area contributed by atoms with E-state index in [-0.39, 0.29) is 28.4 Å². The molecular weight excluding hydrogens is 1270 g/mol. The molecule has 16 rings (SSSR count). The van der Waals surface area contributed by atoms with Crippen LogP contribution in [-0.2, 0) is 21.7 Å². The van der Waals surface area contributed by atoms with Crippen molar-refractivity contribution in [1.29, 1.82) is 0 Å². The van der Waals surface area contributed by atoms with Gasteiger partial charge in [0.05, 0.1) is 11.4 Å². The van der Waals surface area contributed by atoms with Crippen molar-refractivity contribution in [2.75, 3.05) is 19.6 Å². The topological polar surface area (TPSA) is 13.0 Å². The Hall–Kier alpha value is -11.7.